The molecule has 12 nitrogen and oxygen atoms in total. The predicted molar refractivity (Wildman–Crippen MR) is 155 cm³/mol. The van der Waals surface area contributed by atoms with Crippen LogP contribution in [0.4, 0.5) is 5.69 Å². The van der Waals surface area contributed by atoms with Crippen LogP contribution in [-0.4, -0.2) is 50.5 Å². The average Bonchev–Trinajstić information content (AvgIpc) is 3.29. The number of nitro benzene ring substituents is 1. The largest absolute Gasteiger partial charge is 0.497 e. The number of fused-ring (bicyclic) bond motifs is 1. The van der Waals surface area contributed by atoms with Gasteiger partial charge in [-0.15, -0.1) is 0 Å². The van der Waals surface area contributed by atoms with Crippen molar-refractivity contribution in [3.05, 3.63) is 82.5 Å². The molecule has 2 heterocycles. The molecule has 1 aromatic heterocycles. The van der Waals surface area contributed by atoms with Crippen LogP contribution in [0.25, 0.3) is 6.08 Å². The molecule has 0 bridgehead atoms. The number of allylic oxidation sites excluding steroid dienone is 1. The Balaban J connectivity index is 2.09. The lowest BCUT2D eigenvalue weighted by atomic mass is 9.93. The van der Waals surface area contributed by atoms with Crippen LogP contribution in [0.1, 0.15) is 43.9 Å². The van der Waals surface area contributed by atoms with E-state index in [2.05, 4.69) is 0 Å². The summed E-state index contributed by atoms with van der Waals surface area (Å²) in [6, 6.07) is 6.82. The third kappa shape index (κ3) is 5.59. The van der Waals surface area contributed by atoms with Crippen molar-refractivity contribution >= 4 is 29.1 Å². The number of esters is 1. The highest BCUT2D eigenvalue weighted by Gasteiger charge is 2.36. The van der Waals surface area contributed by atoms with E-state index in [1.807, 2.05) is 6.92 Å². The Labute approximate surface area is 245 Å². The number of hydrogen-bond donors (Lipinski definition) is 0. The zero-order chi connectivity index (χ0) is 30.6. The van der Waals surface area contributed by atoms with Gasteiger partial charge in [0.2, 0.25) is 0 Å². The number of methoxy groups -OCH3 is 4. The lowest BCUT2D eigenvalue weighted by molar-refractivity contribution is -0.385. The highest BCUT2D eigenvalue weighted by Crippen LogP contribution is 2.39. The second-order valence-electron chi connectivity index (χ2n) is 9.04. The molecule has 0 spiro atoms. The van der Waals surface area contributed by atoms with Gasteiger partial charge in [-0.3, -0.25) is 19.5 Å². The lowest BCUT2D eigenvalue weighted by Gasteiger charge is -2.27. The molecule has 0 unspecified atom stereocenters. The number of aromatic nitrogens is 1. The van der Waals surface area contributed by atoms with Crippen molar-refractivity contribution in [3.63, 3.8) is 0 Å². The normalized spacial score (nSPS) is 14.6. The number of ether oxygens (including phenoxy) is 5. The number of thiazole rings is 1. The van der Waals surface area contributed by atoms with Crippen LogP contribution in [0.15, 0.2) is 51.4 Å². The van der Waals surface area contributed by atoms with E-state index in [-0.39, 0.29) is 39.5 Å². The van der Waals surface area contributed by atoms with Crippen LogP contribution in [0, 0.1) is 10.1 Å². The molecule has 1 aliphatic rings. The first kappa shape index (κ1) is 30.3. The average molecular weight is 598 g/mol. The SMILES string of the molecule is CCCC1=C(C(=O)OCC)[C@H](c2cc(OC)ccc2OC)n2c(s/c(=C\c3cc(OC)c(OC)cc3[N+](=O)[O-])c2=O)=N1. The van der Waals surface area contributed by atoms with E-state index in [0.29, 0.717) is 40.4 Å². The molecule has 0 saturated heterocycles. The fourth-order valence-electron chi connectivity index (χ4n) is 4.77. The monoisotopic (exact) mass is 597 g/mol. The number of carbonyl (C=O) groups excluding carboxylic acids is 1. The van der Waals surface area contributed by atoms with E-state index >= 15 is 0 Å². The maximum Gasteiger partial charge on any atom is 0.338 e. The summed E-state index contributed by atoms with van der Waals surface area (Å²) in [6.07, 6.45) is 2.54. The van der Waals surface area contributed by atoms with Gasteiger partial charge in [-0.2, -0.15) is 0 Å². The molecule has 0 amide bonds. The fraction of sp³-hybridized carbons (Fsp3) is 0.345. The van der Waals surface area contributed by atoms with Gasteiger partial charge >= 0.3 is 5.97 Å². The van der Waals surface area contributed by atoms with Gasteiger partial charge in [0.15, 0.2) is 16.3 Å². The summed E-state index contributed by atoms with van der Waals surface area (Å²) in [6.45, 7) is 3.78. The van der Waals surface area contributed by atoms with Gasteiger partial charge in [0.25, 0.3) is 11.2 Å². The second kappa shape index (κ2) is 12.9. The minimum atomic E-state index is -0.963. The maximum atomic E-state index is 14.1. The summed E-state index contributed by atoms with van der Waals surface area (Å²) in [5.41, 5.74) is 0.542. The number of carbonyl (C=O) groups is 1. The topological polar surface area (TPSA) is 141 Å². The van der Waals surface area contributed by atoms with Gasteiger partial charge in [-0.25, -0.2) is 9.79 Å². The molecular formula is C29H31N3O9S. The summed E-state index contributed by atoms with van der Waals surface area (Å²) in [5.74, 6) is 0.744. The highest BCUT2D eigenvalue weighted by molar-refractivity contribution is 7.07. The third-order valence-corrected chi connectivity index (χ3v) is 7.62. The number of benzene rings is 2. The Morgan fingerprint density at radius 3 is 2.33 bits per heavy atom. The molecule has 1 aliphatic heterocycles. The molecule has 4 rings (SSSR count). The summed E-state index contributed by atoms with van der Waals surface area (Å²) >= 11 is 1.05. The third-order valence-electron chi connectivity index (χ3n) is 6.64. The molecule has 0 radical (unpaired) electrons. The molecular weight excluding hydrogens is 566 g/mol. The zero-order valence-corrected chi connectivity index (χ0v) is 24.9. The van der Waals surface area contributed by atoms with Crippen molar-refractivity contribution in [2.45, 2.75) is 32.7 Å². The number of nitro groups is 1. The number of rotatable bonds is 11. The Morgan fingerprint density at radius 1 is 1.05 bits per heavy atom. The standard InChI is InChI=1S/C29H31N3O9S/c1-7-9-19-25(28(34)41-8-2)26(18-14-17(37-3)10-11-21(18)38-4)31-27(33)24(42-29(31)30-19)13-16-12-22(39-5)23(40-6)15-20(16)32(35)36/h10-15,26H,7-9H2,1-6H3/b24-13-/t26-/m0/s1. The first-order valence-corrected chi connectivity index (χ1v) is 13.9. The van der Waals surface area contributed by atoms with E-state index in [1.165, 1.54) is 51.2 Å². The molecule has 3 aromatic rings. The summed E-state index contributed by atoms with van der Waals surface area (Å²) in [5, 5.41) is 11.9. The quantitative estimate of drug-likeness (QED) is 0.184. The molecule has 0 aliphatic carbocycles. The van der Waals surface area contributed by atoms with Crippen molar-refractivity contribution in [2.24, 2.45) is 4.99 Å². The molecule has 42 heavy (non-hydrogen) atoms. The molecule has 13 heteroatoms. The van der Waals surface area contributed by atoms with Crippen LogP contribution in [0.5, 0.6) is 23.0 Å². The van der Waals surface area contributed by atoms with Gasteiger partial charge in [0, 0.05) is 5.56 Å². The van der Waals surface area contributed by atoms with Crippen LogP contribution in [-0.2, 0) is 9.53 Å². The highest BCUT2D eigenvalue weighted by atomic mass is 32.1. The zero-order valence-electron chi connectivity index (χ0n) is 24.1. The van der Waals surface area contributed by atoms with Gasteiger partial charge in [-0.1, -0.05) is 24.7 Å². The smallest absolute Gasteiger partial charge is 0.338 e. The predicted octanol–water partition coefficient (Wildman–Crippen LogP) is 3.52. The molecule has 0 fully saturated rings. The molecule has 0 saturated carbocycles. The van der Waals surface area contributed by atoms with Crippen molar-refractivity contribution in [1.82, 2.24) is 4.57 Å². The van der Waals surface area contributed by atoms with Crippen LogP contribution < -0.4 is 33.8 Å². The first-order valence-electron chi connectivity index (χ1n) is 13.1. The summed E-state index contributed by atoms with van der Waals surface area (Å²) in [7, 11) is 5.79. The van der Waals surface area contributed by atoms with E-state index in [9.17, 15) is 19.7 Å². The Hall–Kier alpha value is -4.65. The van der Waals surface area contributed by atoms with E-state index < -0.39 is 22.5 Å². The van der Waals surface area contributed by atoms with Gasteiger partial charge in [0.05, 0.1) is 67.4 Å². The lowest BCUT2D eigenvalue weighted by Crippen LogP contribution is -2.40. The van der Waals surface area contributed by atoms with E-state index in [1.54, 1.807) is 25.1 Å². The van der Waals surface area contributed by atoms with Crippen LogP contribution >= 0.6 is 11.3 Å². The van der Waals surface area contributed by atoms with Crippen molar-refractivity contribution in [2.75, 3.05) is 35.0 Å². The molecule has 2 aromatic carbocycles. The second-order valence-corrected chi connectivity index (χ2v) is 10.1. The molecule has 222 valence electrons. The van der Waals surface area contributed by atoms with E-state index in [0.717, 1.165) is 11.3 Å². The van der Waals surface area contributed by atoms with Gasteiger partial charge in [-0.05, 0) is 43.7 Å². The van der Waals surface area contributed by atoms with Crippen molar-refractivity contribution in [3.8, 4) is 23.0 Å². The van der Waals surface area contributed by atoms with Gasteiger partial charge in [0.1, 0.15) is 17.5 Å². The van der Waals surface area contributed by atoms with Crippen LogP contribution in [0.2, 0.25) is 0 Å². The first-order chi connectivity index (χ1) is 20.2. The van der Waals surface area contributed by atoms with E-state index in [4.69, 9.17) is 28.7 Å². The maximum absolute atomic E-state index is 14.1. The van der Waals surface area contributed by atoms with Crippen molar-refractivity contribution < 1.29 is 33.4 Å². The number of hydrogen-bond acceptors (Lipinski definition) is 11. The number of nitrogens with zero attached hydrogens (tertiary/aromatic N) is 3. The summed E-state index contributed by atoms with van der Waals surface area (Å²) in [4.78, 5) is 44.0. The van der Waals surface area contributed by atoms with Gasteiger partial charge < -0.3 is 23.7 Å². The minimum absolute atomic E-state index is 0.122. The van der Waals surface area contributed by atoms with Crippen LogP contribution in [0.3, 0.4) is 0 Å². The molecule has 1 atom stereocenters. The minimum Gasteiger partial charge on any atom is -0.497 e. The Morgan fingerprint density at radius 2 is 1.74 bits per heavy atom. The molecule has 0 N–H and O–H groups in total. The Kier molecular flexibility index (Phi) is 9.31. The Bertz CT molecular complexity index is 1740. The summed E-state index contributed by atoms with van der Waals surface area (Å²) < 4.78 is 28.7. The fourth-order valence-corrected chi connectivity index (χ4v) is 5.78. The van der Waals surface area contributed by atoms with Crippen molar-refractivity contribution in [1.29, 1.82) is 0 Å².